The van der Waals surface area contributed by atoms with Crippen molar-refractivity contribution < 1.29 is 15.3 Å². The second-order valence-electron chi connectivity index (χ2n) is 1.98. The summed E-state index contributed by atoms with van der Waals surface area (Å²) in [5.74, 6) is -2.68. The molecule has 0 aromatic heterocycles. The molecule has 0 unspecified atom stereocenters. The van der Waals surface area contributed by atoms with Crippen LogP contribution in [0.15, 0.2) is 12.2 Å². The highest BCUT2D eigenvalue weighted by atomic mass is 127. The van der Waals surface area contributed by atoms with Crippen molar-refractivity contribution in [3.05, 3.63) is 12.2 Å². The minimum atomic E-state index is -2.68. The van der Waals surface area contributed by atoms with Crippen LogP contribution in [-0.4, -0.2) is 22.7 Å². The molecule has 3 nitrogen and oxygen atoms in total. The highest BCUT2D eigenvalue weighted by Crippen LogP contribution is 2.28. The number of allylic oxidation sites excluding steroid dienone is 1. The molecule has 0 heterocycles. The van der Waals surface area contributed by atoms with Gasteiger partial charge in [0, 0.05) is 6.08 Å². The fourth-order valence-corrected chi connectivity index (χ4v) is 0.618. The Kier molecular flexibility index (Phi) is 4.05. The summed E-state index contributed by atoms with van der Waals surface area (Å²) in [4.78, 5) is 0. The first-order chi connectivity index (χ1) is 4.21. The summed E-state index contributed by atoms with van der Waals surface area (Å²) in [6.07, 6.45) is 2.42. The Labute approximate surface area is 86.4 Å². The minimum absolute atomic E-state index is 0.213. The molecule has 0 aromatic rings. The monoisotopic (exact) mass is 370 g/mol. The van der Waals surface area contributed by atoms with E-state index in [-0.39, 0.29) is 1.43 Å². The molecular formula is C5H8I2O3. The van der Waals surface area contributed by atoms with Crippen molar-refractivity contribution in [3.8, 4) is 0 Å². The Balaban J connectivity index is 4.01. The summed E-state index contributed by atoms with van der Waals surface area (Å²) >= 11 is 4.17. The van der Waals surface area contributed by atoms with E-state index >= 15 is 0 Å². The van der Waals surface area contributed by atoms with Crippen LogP contribution in [-0.2, 0) is 0 Å². The molecule has 0 rings (SSSR count). The van der Waals surface area contributed by atoms with Crippen LogP contribution in [0.3, 0.4) is 0 Å². The van der Waals surface area contributed by atoms with E-state index in [2.05, 4.69) is 45.2 Å². The zero-order valence-electron chi connectivity index (χ0n) is 5.25. The average molecular weight is 370 g/mol. The van der Waals surface area contributed by atoms with Crippen LogP contribution in [0.1, 0.15) is 6.92 Å². The van der Waals surface area contributed by atoms with Gasteiger partial charge in [-0.1, -0.05) is 51.3 Å². The standard InChI is InChI=1S/C5H8I2O3/c1-4(6,7)2-3-5(8,9)10/h2-3,8-10H,1H3. The first kappa shape index (κ1) is 11.1. The van der Waals surface area contributed by atoms with Gasteiger partial charge in [-0.3, -0.25) is 0 Å². The number of hydrogen-bond acceptors (Lipinski definition) is 3. The second kappa shape index (κ2) is 3.65. The van der Waals surface area contributed by atoms with Gasteiger partial charge in [0.2, 0.25) is 0 Å². The summed E-state index contributed by atoms with van der Waals surface area (Å²) < 4.78 is -0.213. The van der Waals surface area contributed by atoms with Crippen molar-refractivity contribution >= 4 is 45.2 Å². The predicted octanol–water partition coefficient (Wildman–Crippen LogP) is 0.759. The van der Waals surface area contributed by atoms with Gasteiger partial charge in [0.15, 0.2) is 0 Å². The Morgan fingerprint density at radius 2 is 1.50 bits per heavy atom. The van der Waals surface area contributed by atoms with Crippen molar-refractivity contribution in [1.82, 2.24) is 0 Å². The second-order valence-corrected chi connectivity index (χ2v) is 8.52. The van der Waals surface area contributed by atoms with Crippen LogP contribution in [0.2, 0.25) is 0 Å². The summed E-state index contributed by atoms with van der Waals surface area (Å²) in [5.41, 5.74) is 0. The first-order valence-corrected chi connectivity index (χ1v) is 4.62. The minimum Gasteiger partial charge on any atom is -0.340 e. The normalized spacial score (nSPS) is 14.6. The molecule has 0 atom stereocenters. The SMILES string of the molecule is CC(I)(I)C=CC(O)(O)O. The van der Waals surface area contributed by atoms with E-state index in [1.807, 2.05) is 6.92 Å². The van der Waals surface area contributed by atoms with Gasteiger partial charge < -0.3 is 15.3 Å². The summed E-state index contributed by atoms with van der Waals surface area (Å²) in [6, 6.07) is 0. The lowest BCUT2D eigenvalue weighted by Crippen LogP contribution is -2.24. The van der Waals surface area contributed by atoms with Gasteiger partial charge in [-0.05, 0) is 6.92 Å². The first-order valence-electron chi connectivity index (χ1n) is 2.46. The molecular weight excluding hydrogens is 362 g/mol. The molecule has 0 aromatic carbocycles. The summed E-state index contributed by atoms with van der Waals surface area (Å²) in [6.45, 7) is 1.86. The van der Waals surface area contributed by atoms with Crippen LogP contribution < -0.4 is 0 Å². The summed E-state index contributed by atoms with van der Waals surface area (Å²) in [5, 5.41) is 25.2. The molecule has 0 saturated heterocycles. The molecule has 0 fully saturated rings. The molecule has 0 amide bonds. The van der Waals surface area contributed by atoms with Crippen LogP contribution in [0, 0.1) is 0 Å². The molecule has 10 heavy (non-hydrogen) atoms. The Morgan fingerprint density at radius 1 is 1.10 bits per heavy atom. The molecule has 0 aliphatic heterocycles. The molecule has 0 bridgehead atoms. The maximum Gasteiger partial charge on any atom is 0.297 e. The average Bonchev–Trinajstić information content (AvgIpc) is 1.57. The third kappa shape index (κ3) is 9.08. The molecule has 0 radical (unpaired) electrons. The molecule has 0 saturated carbocycles. The zero-order chi connectivity index (χ0) is 8.41. The quantitative estimate of drug-likeness (QED) is 0.291. The molecule has 5 heteroatoms. The van der Waals surface area contributed by atoms with Crippen LogP contribution in [0.5, 0.6) is 0 Å². The third-order valence-corrected chi connectivity index (χ3v) is 1.32. The van der Waals surface area contributed by atoms with E-state index < -0.39 is 5.97 Å². The largest absolute Gasteiger partial charge is 0.340 e. The highest BCUT2D eigenvalue weighted by molar-refractivity contribution is 14.2. The van der Waals surface area contributed by atoms with Crippen molar-refractivity contribution in [2.24, 2.45) is 0 Å². The molecule has 0 aliphatic carbocycles. The van der Waals surface area contributed by atoms with Crippen molar-refractivity contribution in [2.75, 3.05) is 0 Å². The number of rotatable bonds is 2. The highest BCUT2D eigenvalue weighted by Gasteiger charge is 2.16. The lowest BCUT2D eigenvalue weighted by Gasteiger charge is -2.11. The van der Waals surface area contributed by atoms with Crippen LogP contribution in [0.4, 0.5) is 0 Å². The Hall–Kier alpha value is 1.08. The Morgan fingerprint density at radius 3 is 1.60 bits per heavy atom. The maximum atomic E-state index is 8.40. The molecule has 0 spiro atoms. The topological polar surface area (TPSA) is 60.7 Å². The van der Waals surface area contributed by atoms with Gasteiger partial charge in [0.1, 0.15) is 0 Å². The van der Waals surface area contributed by atoms with E-state index in [0.29, 0.717) is 0 Å². The zero-order valence-corrected chi connectivity index (χ0v) is 9.57. The van der Waals surface area contributed by atoms with Gasteiger partial charge in [-0.25, -0.2) is 0 Å². The van der Waals surface area contributed by atoms with Crippen molar-refractivity contribution in [2.45, 2.75) is 14.3 Å². The van der Waals surface area contributed by atoms with Crippen molar-refractivity contribution in [1.29, 1.82) is 0 Å². The molecule has 0 aliphatic rings. The van der Waals surface area contributed by atoms with Crippen LogP contribution >= 0.6 is 45.2 Å². The molecule has 3 N–H and O–H groups in total. The number of aliphatic hydroxyl groups is 3. The maximum absolute atomic E-state index is 8.40. The third-order valence-electron chi connectivity index (χ3n) is 0.600. The number of alkyl halides is 2. The van der Waals surface area contributed by atoms with E-state index in [1.54, 1.807) is 0 Å². The number of hydrogen-bond donors (Lipinski definition) is 3. The van der Waals surface area contributed by atoms with Gasteiger partial charge in [0.25, 0.3) is 5.97 Å². The fraction of sp³-hybridized carbons (Fsp3) is 0.600. The fourth-order valence-electron chi connectivity index (χ4n) is 0.258. The van der Waals surface area contributed by atoms with Crippen LogP contribution in [0.25, 0.3) is 0 Å². The smallest absolute Gasteiger partial charge is 0.297 e. The summed E-state index contributed by atoms with van der Waals surface area (Å²) in [7, 11) is 0. The molecule has 60 valence electrons. The van der Waals surface area contributed by atoms with E-state index in [0.717, 1.165) is 6.08 Å². The van der Waals surface area contributed by atoms with Gasteiger partial charge in [-0.2, -0.15) is 0 Å². The van der Waals surface area contributed by atoms with Crippen molar-refractivity contribution in [3.63, 3.8) is 0 Å². The van der Waals surface area contributed by atoms with E-state index in [4.69, 9.17) is 15.3 Å². The van der Waals surface area contributed by atoms with E-state index in [1.165, 1.54) is 6.08 Å². The van der Waals surface area contributed by atoms with Gasteiger partial charge in [0.05, 0.1) is 1.43 Å². The predicted molar refractivity (Wildman–Crippen MR) is 55.0 cm³/mol. The van der Waals surface area contributed by atoms with Gasteiger partial charge in [-0.15, -0.1) is 0 Å². The lowest BCUT2D eigenvalue weighted by molar-refractivity contribution is -0.273. The van der Waals surface area contributed by atoms with Gasteiger partial charge >= 0.3 is 0 Å². The Bertz CT molecular complexity index is 115. The van der Waals surface area contributed by atoms with E-state index in [9.17, 15) is 0 Å². The number of halogens is 2. The lowest BCUT2D eigenvalue weighted by atomic mass is 10.4.